The van der Waals surface area contributed by atoms with Gasteiger partial charge in [-0.3, -0.25) is 9.59 Å². The number of fused-ring (bicyclic) bond motifs is 1. The molecule has 1 aliphatic heterocycles. The van der Waals surface area contributed by atoms with Crippen LogP contribution in [-0.2, 0) is 16.1 Å². The lowest BCUT2D eigenvalue weighted by Gasteiger charge is -2.37. The molecule has 2 aliphatic rings. The first-order valence-corrected chi connectivity index (χ1v) is 9.49. The Balaban J connectivity index is 1.52. The lowest BCUT2D eigenvalue weighted by molar-refractivity contribution is -0.136. The molecule has 0 unspecified atom stereocenters. The number of hydrogen-bond donors (Lipinski definition) is 1. The van der Waals surface area contributed by atoms with Gasteiger partial charge in [-0.25, -0.2) is 0 Å². The zero-order valence-electron chi connectivity index (χ0n) is 14.5. The average molecular weight is 372 g/mol. The van der Waals surface area contributed by atoms with Crippen LogP contribution in [0.4, 0.5) is 0 Å². The number of hydrogen-bond acceptors (Lipinski definition) is 2. The Morgan fingerprint density at radius 2 is 1.85 bits per heavy atom. The van der Waals surface area contributed by atoms with Crippen molar-refractivity contribution in [3.05, 3.63) is 58.9 Å². The van der Waals surface area contributed by atoms with E-state index in [2.05, 4.69) is 16.0 Å². The predicted octanol–water partition coefficient (Wildman–Crippen LogP) is 3.13. The molecule has 6 heteroatoms. The molecule has 1 saturated carbocycles. The van der Waals surface area contributed by atoms with Gasteiger partial charge in [0.2, 0.25) is 11.8 Å². The first-order valence-electron chi connectivity index (χ1n) is 9.11. The van der Waals surface area contributed by atoms with Gasteiger partial charge >= 0.3 is 0 Å². The molecule has 2 aromatic rings. The Kier molecular flexibility index (Phi) is 4.72. The van der Waals surface area contributed by atoms with Crippen molar-refractivity contribution in [2.75, 3.05) is 6.54 Å². The van der Waals surface area contributed by atoms with Gasteiger partial charge in [-0.05, 0) is 42.7 Å². The van der Waals surface area contributed by atoms with Crippen LogP contribution in [0, 0.1) is 0 Å². The summed E-state index contributed by atoms with van der Waals surface area (Å²) in [7, 11) is 0. The van der Waals surface area contributed by atoms with E-state index >= 15 is 0 Å². The van der Waals surface area contributed by atoms with E-state index in [-0.39, 0.29) is 30.7 Å². The molecule has 0 saturated heterocycles. The highest BCUT2D eigenvalue weighted by molar-refractivity contribution is 6.30. The molecule has 0 radical (unpaired) electrons. The normalized spacial score (nSPS) is 19.1. The lowest BCUT2D eigenvalue weighted by atomic mass is 9.99. The SMILES string of the molecule is O=C(CCC(=O)N1CCn2cccc2[C@@H]1c1ccc(Cl)cc1)NC1CC1. The van der Waals surface area contributed by atoms with Crippen molar-refractivity contribution < 1.29 is 9.59 Å². The zero-order chi connectivity index (χ0) is 18.1. The molecule has 4 rings (SSSR count). The molecular formula is C20H22ClN3O2. The number of halogens is 1. The highest BCUT2D eigenvalue weighted by atomic mass is 35.5. The second-order valence-corrected chi connectivity index (χ2v) is 7.45. The van der Waals surface area contributed by atoms with Gasteiger partial charge in [0.25, 0.3) is 0 Å². The van der Waals surface area contributed by atoms with Crippen molar-refractivity contribution in [3.63, 3.8) is 0 Å². The molecule has 2 heterocycles. The van der Waals surface area contributed by atoms with E-state index in [1.54, 1.807) is 0 Å². The van der Waals surface area contributed by atoms with Crippen molar-refractivity contribution >= 4 is 23.4 Å². The molecular weight excluding hydrogens is 350 g/mol. The summed E-state index contributed by atoms with van der Waals surface area (Å²) in [4.78, 5) is 26.7. The van der Waals surface area contributed by atoms with Crippen molar-refractivity contribution in [2.45, 2.75) is 44.3 Å². The van der Waals surface area contributed by atoms with E-state index in [1.165, 1.54) is 0 Å². The number of carbonyl (C=O) groups is 2. The number of carbonyl (C=O) groups excluding carboxylic acids is 2. The fourth-order valence-corrected chi connectivity index (χ4v) is 3.67. The van der Waals surface area contributed by atoms with E-state index in [9.17, 15) is 9.59 Å². The summed E-state index contributed by atoms with van der Waals surface area (Å²) in [6.07, 6.45) is 4.65. The molecule has 1 aromatic carbocycles. The molecule has 1 N–H and O–H groups in total. The Hall–Kier alpha value is -2.27. The number of aromatic nitrogens is 1. The third-order valence-electron chi connectivity index (χ3n) is 5.05. The van der Waals surface area contributed by atoms with Crippen LogP contribution >= 0.6 is 11.6 Å². The highest BCUT2D eigenvalue weighted by Gasteiger charge is 2.32. The van der Waals surface area contributed by atoms with Crippen molar-refractivity contribution in [1.82, 2.24) is 14.8 Å². The molecule has 0 bridgehead atoms. The van der Waals surface area contributed by atoms with Gasteiger partial charge in [-0.15, -0.1) is 0 Å². The smallest absolute Gasteiger partial charge is 0.223 e. The van der Waals surface area contributed by atoms with Crippen LogP contribution in [0.1, 0.15) is 43.0 Å². The first kappa shape index (κ1) is 17.2. The van der Waals surface area contributed by atoms with Crippen LogP contribution in [0.3, 0.4) is 0 Å². The van der Waals surface area contributed by atoms with Crippen molar-refractivity contribution in [1.29, 1.82) is 0 Å². The fraction of sp³-hybridized carbons (Fsp3) is 0.400. The van der Waals surface area contributed by atoms with Crippen molar-refractivity contribution in [2.24, 2.45) is 0 Å². The van der Waals surface area contributed by atoms with Crippen LogP contribution in [0.5, 0.6) is 0 Å². The van der Waals surface area contributed by atoms with Crippen LogP contribution in [-0.4, -0.2) is 33.9 Å². The Labute approximate surface area is 157 Å². The molecule has 1 fully saturated rings. The van der Waals surface area contributed by atoms with Gasteiger partial charge in [0.1, 0.15) is 0 Å². The molecule has 1 atom stereocenters. The van der Waals surface area contributed by atoms with Crippen LogP contribution in [0.25, 0.3) is 0 Å². The lowest BCUT2D eigenvalue weighted by Crippen LogP contribution is -2.42. The van der Waals surface area contributed by atoms with E-state index in [4.69, 9.17) is 11.6 Å². The minimum Gasteiger partial charge on any atom is -0.353 e. The standard InChI is InChI=1S/C20H22ClN3O2/c21-15-5-3-14(4-6-15)20-17-2-1-11-23(17)12-13-24(20)19(26)10-9-18(25)22-16-7-8-16/h1-6,11,16,20H,7-10,12-13H2,(H,22,25)/t20-/m0/s1. The maximum Gasteiger partial charge on any atom is 0.223 e. The van der Waals surface area contributed by atoms with Crippen LogP contribution < -0.4 is 5.32 Å². The van der Waals surface area contributed by atoms with Gasteiger partial charge in [0.05, 0.1) is 6.04 Å². The van der Waals surface area contributed by atoms with Crippen LogP contribution in [0.15, 0.2) is 42.6 Å². The number of amides is 2. The maximum atomic E-state index is 12.9. The summed E-state index contributed by atoms with van der Waals surface area (Å²) in [5.74, 6) is -0.00683. The zero-order valence-corrected chi connectivity index (χ0v) is 15.3. The summed E-state index contributed by atoms with van der Waals surface area (Å²) in [5, 5.41) is 3.62. The first-order chi connectivity index (χ1) is 12.6. The van der Waals surface area contributed by atoms with Gasteiger partial charge < -0.3 is 14.8 Å². The number of nitrogens with zero attached hydrogens (tertiary/aromatic N) is 2. The molecule has 2 amide bonds. The Morgan fingerprint density at radius 1 is 1.08 bits per heavy atom. The quantitative estimate of drug-likeness (QED) is 0.877. The number of rotatable bonds is 5. The minimum absolute atomic E-state index is 0.0170. The van der Waals surface area contributed by atoms with E-state index in [0.29, 0.717) is 17.6 Å². The summed E-state index contributed by atoms with van der Waals surface area (Å²) in [5.41, 5.74) is 2.12. The summed E-state index contributed by atoms with van der Waals surface area (Å²) < 4.78 is 2.18. The highest BCUT2D eigenvalue weighted by Crippen LogP contribution is 2.33. The third kappa shape index (κ3) is 3.63. The van der Waals surface area contributed by atoms with E-state index in [0.717, 1.165) is 30.6 Å². The monoisotopic (exact) mass is 371 g/mol. The van der Waals surface area contributed by atoms with E-state index in [1.807, 2.05) is 41.4 Å². The summed E-state index contributed by atoms with van der Waals surface area (Å²) >= 11 is 6.03. The minimum atomic E-state index is -0.144. The summed E-state index contributed by atoms with van der Waals surface area (Å²) in [6, 6.07) is 11.9. The molecule has 1 aliphatic carbocycles. The molecule has 1 aromatic heterocycles. The fourth-order valence-electron chi connectivity index (χ4n) is 3.54. The molecule has 26 heavy (non-hydrogen) atoms. The second-order valence-electron chi connectivity index (χ2n) is 7.01. The van der Waals surface area contributed by atoms with Crippen LogP contribution in [0.2, 0.25) is 5.02 Å². The Morgan fingerprint density at radius 3 is 2.58 bits per heavy atom. The maximum absolute atomic E-state index is 12.9. The average Bonchev–Trinajstić information content (AvgIpc) is 3.32. The topological polar surface area (TPSA) is 54.3 Å². The summed E-state index contributed by atoms with van der Waals surface area (Å²) in [6.45, 7) is 1.41. The van der Waals surface area contributed by atoms with Gasteiger partial charge in [0, 0.05) is 48.9 Å². The van der Waals surface area contributed by atoms with Gasteiger partial charge in [-0.2, -0.15) is 0 Å². The van der Waals surface area contributed by atoms with E-state index < -0.39 is 0 Å². The third-order valence-corrected chi connectivity index (χ3v) is 5.30. The number of nitrogens with one attached hydrogen (secondary N) is 1. The molecule has 0 spiro atoms. The van der Waals surface area contributed by atoms with Gasteiger partial charge in [-0.1, -0.05) is 23.7 Å². The number of benzene rings is 1. The second kappa shape index (κ2) is 7.16. The largest absolute Gasteiger partial charge is 0.353 e. The van der Waals surface area contributed by atoms with Gasteiger partial charge in [0.15, 0.2) is 0 Å². The molecule has 136 valence electrons. The Bertz CT molecular complexity index is 811. The molecule has 5 nitrogen and oxygen atoms in total. The van der Waals surface area contributed by atoms with Crippen molar-refractivity contribution in [3.8, 4) is 0 Å². The predicted molar refractivity (Wildman–Crippen MR) is 99.8 cm³/mol.